The van der Waals surface area contributed by atoms with E-state index in [1.54, 1.807) is 0 Å². The molecule has 0 aromatic carbocycles. The van der Waals surface area contributed by atoms with Crippen LogP contribution in [0.25, 0.3) is 0 Å². The normalized spacial score (nSPS) is 13.5. The summed E-state index contributed by atoms with van der Waals surface area (Å²) in [5.41, 5.74) is 0. The number of carbonyl (C=O) groups excluding carboxylic acids is 1. The smallest absolute Gasteiger partial charge is 0.411 e. The number of hydrogen-bond acceptors (Lipinski definition) is 3. The third kappa shape index (κ3) is 3.25. The third-order valence-electron chi connectivity index (χ3n) is 1.89. The molecule has 0 amide bonds. The number of alkyl halides is 3. The Kier molecular flexibility index (Phi) is 3.92. The molecule has 4 nitrogen and oxygen atoms in total. The number of rotatable bonds is 4. The first-order chi connectivity index (χ1) is 7.45. The van der Waals surface area contributed by atoms with Crippen LogP contribution in [0.4, 0.5) is 13.2 Å². The summed E-state index contributed by atoms with van der Waals surface area (Å²) in [6.07, 6.45) is -2.90. The molecule has 0 aliphatic heterocycles. The van der Waals surface area contributed by atoms with Gasteiger partial charge in [-0.15, -0.1) is 0 Å². The van der Waals surface area contributed by atoms with Crippen LogP contribution in [0.15, 0.2) is 18.5 Å². The maximum Gasteiger partial charge on any atom is 0.411 e. The Morgan fingerprint density at radius 2 is 2.25 bits per heavy atom. The van der Waals surface area contributed by atoms with E-state index in [0.717, 1.165) is 6.20 Å². The van der Waals surface area contributed by atoms with Gasteiger partial charge in [-0.1, -0.05) is 0 Å². The second kappa shape index (κ2) is 5.00. The number of aromatic nitrogens is 2. The quantitative estimate of drug-likeness (QED) is 0.750. The summed E-state index contributed by atoms with van der Waals surface area (Å²) >= 11 is 0. The molecule has 0 fully saturated rings. The van der Waals surface area contributed by atoms with E-state index in [-0.39, 0.29) is 6.61 Å². The Hall–Kier alpha value is -1.53. The van der Waals surface area contributed by atoms with E-state index in [0.29, 0.717) is 4.68 Å². The van der Waals surface area contributed by atoms with Crippen LogP contribution in [-0.2, 0) is 9.53 Å². The maximum absolute atomic E-state index is 12.6. The van der Waals surface area contributed by atoms with E-state index in [4.69, 9.17) is 0 Å². The summed E-state index contributed by atoms with van der Waals surface area (Å²) in [7, 11) is 0. The van der Waals surface area contributed by atoms with Gasteiger partial charge >= 0.3 is 12.1 Å². The Morgan fingerprint density at radius 3 is 2.69 bits per heavy atom. The zero-order valence-electron chi connectivity index (χ0n) is 8.57. The van der Waals surface area contributed by atoms with Crippen LogP contribution in [0.3, 0.4) is 0 Å². The van der Waals surface area contributed by atoms with Gasteiger partial charge in [0.1, 0.15) is 0 Å². The highest BCUT2D eigenvalue weighted by Gasteiger charge is 2.43. The summed E-state index contributed by atoms with van der Waals surface area (Å²) in [6, 6.07) is -0.606. The fraction of sp³-hybridized carbons (Fsp3) is 0.556. The van der Waals surface area contributed by atoms with Crippen molar-refractivity contribution in [3.8, 4) is 0 Å². The number of esters is 1. The molecule has 0 saturated carbocycles. The van der Waals surface area contributed by atoms with Crippen molar-refractivity contribution in [1.82, 2.24) is 9.78 Å². The predicted octanol–water partition coefficient (Wildman–Crippen LogP) is 1.94. The van der Waals surface area contributed by atoms with Crippen molar-refractivity contribution in [3.63, 3.8) is 0 Å². The highest BCUT2D eigenvalue weighted by Crippen LogP contribution is 2.32. The van der Waals surface area contributed by atoms with E-state index < -0.39 is 24.6 Å². The molecule has 0 aliphatic rings. The van der Waals surface area contributed by atoms with Crippen molar-refractivity contribution in [3.05, 3.63) is 18.5 Å². The number of nitrogens with zero attached hydrogens (tertiary/aromatic N) is 2. The summed E-state index contributed by atoms with van der Waals surface area (Å²) in [5.74, 6) is -0.889. The highest BCUT2D eigenvalue weighted by atomic mass is 19.4. The van der Waals surface area contributed by atoms with Crippen molar-refractivity contribution in [2.45, 2.75) is 25.6 Å². The second-order valence-corrected chi connectivity index (χ2v) is 3.05. The van der Waals surface area contributed by atoms with E-state index in [9.17, 15) is 18.0 Å². The van der Waals surface area contributed by atoms with Gasteiger partial charge in [0, 0.05) is 12.4 Å². The van der Waals surface area contributed by atoms with Crippen LogP contribution in [-0.4, -0.2) is 28.5 Å². The van der Waals surface area contributed by atoms with Crippen LogP contribution < -0.4 is 0 Å². The van der Waals surface area contributed by atoms with E-state index in [2.05, 4.69) is 9.84 Å². The number of ether oxygens (including phenoxy) is 1. The van der Waals surface area contributed by atoms with Crippen LogP contribution in [0.1, 0.15) is 19.4 Å². The average Bonchev–Trinajstić information content (AvgIpc) is 2.65. The molecule has 90 valence electrons. The number of carbonyl (C=O) groups is 1. The first-order valence-corrected chi connectivity index (χ1v) is 4.66. The van der Waals surface area contributed by atoms with Gasteiger partial charge in [-0.3, -0.25) is 9.48 Å². The van der Waals surface area contributed by atoms with Gasteiger partial charge < -0.3 is 4.74 Å². The van der Waals surface area contributed by atoms with Crippen LogP contribution in [0.5, 0.6) is 0 Å². The van der Waals surface area contributed by atoms with Gasteiger partial charge in [-0.2, -0.15) is 18.3 Å². The molecular weight excluding hydrogens is 225 g/mol. The molecule has 16 heavy (non-hydrogen) atoms. The molecule has 1 rings (SSSR count). The lowest BCUT2D eigenvalue weighted by Crippen LogP contribution is -2.29. The van der Waals surface area contributed by atoms with Gasteiger partial charge in [0.05, 0.1) is 13.0 Å². The van der Waals surface area contributed by atoms with E-state index in [1.807, 2.05) is 0 Å². The van der Waals surface area contributed by atoms with Crippen LogP contribution in [0, 0.1) is 0 Å². The minimum Gasteiger partial charge on any atom is -0.466 e. The van der Waals surface area contributed by atoms with Gasteiger partial charge in [-0.25, -0.2) is 0 Å². The van der Waals surface area contributed by atoms with Crippen molar-refractivity contribution >= 4 is 5.97 Å². The van der Waals surface area contributed by atoms with Crippen molar-refractivity contribution in [2.75, 3.05) is 6.61 Å². The molecule has 1 aromatic heterocycles. The van der Waals surface area contributed by atoms with Crippen LogP contribution in [0.2, 0.25) is 0 Å². The SMILES string of the molecule is CCOC(=O)CC(n1cccn1)C(F)(F)F. The van der Waals surface area contributed by atoms with Crippen molar-refractivity contribution in [1.29, 1.82) is 0 Å². The lowest BCUT2D eigenvalue weighted by molar-refractivity contribution is -0.180. The molecule has 0 spiro atoms. The molecule has 1 atom stereocenters. The lowest BCUT2D eigenvalue weighted by Gasteiger charge is -2.19. The standard InChI is InChI=1S/C9H11F3N2O2/c1-2-16-8(15)6-7(9(10,11)12)14-5-3-4-13-14/h3-5,7H,2,6H2,1H3. The zero-order valence-corrected chi connectivity index (χ0v) is 8.57. The minimum absolute atomic E-state index is 0.0581. The monoisotopic (exact) mass is 236 g/mol. The molecule has 0 saturated heterocycles. The Labute approximate surface area is 90.0 Å². The molecular formula is C9H11F3N2O2. The fourth-order valence-corrected chi connectivity index (χ4v) is 1.20. The predicted molar refractivity (Wildman–Crippen MR) is 48.6 cm³/mol. The van der Waals surface area contributed by atoms with Crippen molar-refractivity contribution in [2.24, 2.45) is 0 Å². The van der Waals surface area contributed by atoms with Crippen molar-refractivity contribution < 1.29 is 22.7 Å². The summed E-state index contributed by atoms with van der Waals surface area (Å²) in [5, 5.41) is 3.49. The second-order valence-electron chi connectivity index (χ2n) is 3.05. The molecule has 1 heterocycles. The lowest BCUT2D eigenvalue weighted by atomic mass is 10.2. The van der Waals surface area contributed by atoms with E-state index >= 15 is 0 Å². The summed E-state index contributed by atoms with van der Waals surface area (Å²) in [4.78, 5) is 11.0. The molecule has 0 aliphatic carbocycles. The fourth-order valence-electron chi connectivity index (χ4n) is 1.20. The largest absolute Gasteiger partial charge is 0.466 e. The molecule has 0 bridgehead atoms. The Morgan fingerprint density at radius 1 is 1.56 bits per heavy atom. The minimum atomic E-state index is -4.53. The highest BCUT2D eigenvalue weighted by molar-refractivity contribution is 5.70. The first-order valence-electron chi connectivity index (χ1n) is 4.66. The molecule has 0 radical (unpaired) electrons. The summed E-state index contributed by atoms with van der Waals surface area (Å²) in [6.45, 7) is 1.59. The number of hydrogen-bond donors (Lipinski definition) is 0. The van der Waals surface area contributed by atoms with Gasteiger partial charge in [0.2, 0.25) is 0 Å². The molecule has 1 unspecified atom stereocenters. The Bertz CT molecular complexity index is 335. The molecule has 7 heteroatoms. The zero-order chi connectivity index (χ0) is 12.2. The van der Waals surface area contributed by atoms with Crippen LogP contribution >= 0.6 is 0 Å². The van der Waals surface area contributed by atoms with Gasteiger partial charge in [0.25, 0.3) is 0 Å². The molecule has 1 aromatic rings. The maximum atomic E-state index is 12.6. The topological polar surface area (TPSA) is 44.1 Å². The third-order valence-corrected chi connectivity index (χ3v) is 1.89. The van der Waals surface area contributed by atoms with E-state index in [1.165, 1.54) is 19.2 Å². The average molecular weight is 236 g/mol. The number of halogens is 3. The molecule has 0 N–H and O–H groups in total. The Balaban J connectivity index is 2.78. The first kappa shape index (κ1) is 12.5. The summed E-state index contributed by atoms with van der Waals surface area (Å²) < 4.78 is 43.0. The van der Waals surface area contributed by atoms with Gasteiger partial charge in [-0.05, 0) is 13.0 Å². The van der Waals surface area contributed by atoms with Gasteiger partial charge in [0.15, 0.2) is 6.04 Å².